The average Bonchev–Trinajstić information content (AvgIpc) is 2.87. The molecule has 0 spiro atoms. The molecule has 37 heavy (non-hydrogen) atoms. The molecule has 0 saturated heterocycles. The highest BCUT2D eigenvalue weighted by Gasteiger charge is 2.32. The summed E-state index contributed by atoms with van der Waals surface area (Å²) in [4.78, 5) is 28.1. The highest BCUT2D eigenvalue weighted by Crippen LogP contribution is 2.25. The zero-order valence-corrected chi connectivity index (χ0v) is 22.9. The zero-order valence-electron chi connectivity index (χ0n) is 22.1. The van der Waals surface area contributed by atoms with Crippen LogP contribution < -0.4 is 9.62 Å². The van der Waals surface area contributed by atoms with Crippen LogP contribution in [0.1, 0.15) is 36.1 Å². The van der Waals surface area contributed by atoms with Crippen molar-refractivity contribution in [3.8, 4) is 0 Å². The topological polar surface area (TPSA) is 86.8 Å². The number of hydrogen-bond acceptors (Lipinski definition) is 4. The molecule has 1 atom stereocenters. The summed E-state index contributed by atoms with van der Waals surface area (Å²) in [6, 6.07) is 20.4. The average molecular weight is 522 g/mol. The molecule has 3 aromatic rings. The Morgan fingerprint density at radius 3 is 1.81 bits per heavy atom. The van der Waals surface area contributed by atoms with Crippen LogP contribution in [0.5, 0.6) is 0 Å². The number of hydrogen-bond donors (Lipinski definition) is 1. The quantitative estimate of drug-likeness (QED) is 0.430. The van der Waals surface area contributed by atoms with Crippen LogP contribution in [0.4, 0.5) is 5.69 Å². The van der Waals surface area contributed by atoms with Crippen LogP contribution in [0.15, 0.2) is 77.7 Å². The number of rotatable bonds is 10. The van der Waals surface area contributed by atoms with E-state index in [1.54, 1.807) is 43.3 Å². The van der Waals surface area contributed by atoms with E-state index in [-0.39, 0.29) is 17.3 Å². The molecule has 0 aromatic heterocycles. The first-order valence-corrected chi connectivity index (χ1v) is 13.8. The number of nitrogens with zero attached hydrogens (tertiary/aromatic N) is 2. The number of anilines is 1. The van der Waals surface area contributed by atoms with Gasteiger partial charge < -0.3 is 10.2 Å². The number of carbonyl (C=O) groups is 2. The molecule has 3 rings (SSSR count). The molecule has 0 aliphatic rings. The standard InChI is InChI=1S/C29H35N3O4S/c1-6-30-29(34)24(5)31(19-25-13-7-21(2)8-14-25)28(33)20-32(26-15-9-22(3)10-16-26)37(35,36)27-17-11-23(4)12-18-27/h7-18,24H,6,19-20H2,1-5H3,(H,30,34)/t24-/m1/s1. The summed E-state index contributed by atoms with van der Waals surface area (Å²) < 4.78 is 28.6. The maximum Gasteiger partial charge on any atom is 0.264 e. The van der Waals surface area contributed by atoms with E-state index in [0.29, 0.717) is 12.2 Å². The molecule has 0 aliphatic heterocycles. The second-order valence-corrected chi connectivity index (χ2v) is 11.1. The fourth-order valence-corrected chi connectivity index (χ4v) is 5.29. The van der Waals surface area contributed by atoms with Crippen LogP contribution in [0.2, 0.25) is 0 Å². The molecule has 0 radical (unpaired) electrons. The second-order valence-electron chi connectivity index (χ2n) is 9.24. The molecule has 8 heteroatoms. The predicted octanol–water partition coefficient (Wildman–Crippen LogP) is 4.36. The van der Waals surface area contributed by atoms with Gasteiger partial charge in [0, 0.05) is 13.1 Å². The number of amides is 2. The Labute approximate surface area is 220 Å². The van der Waals surface area contributed by atoms with E-state index in [2.05, 4.69) is 5.32 Å². The van der Waals surface area contributed by atoms with Crippen LogP contribution in [0.3, 0.4) is 0 Å². The molecule has 0 fully saturated rings. The number of aryl methyl sites for hydroxylation is 3. The number of likely N-dealkylation sites (N-methyl/N-ethyl adjacent to an activating group) is 1. The van der Waals surface area contributed by atoms with Gasteiger partial charge in [0.2, 0.25) is 11.8 Å². The Hall–Kier alpha value is -3.65. The number of nitrogens with one attached hydrogen (secondary N) is 1. The van der Waals surface area contributed by atoms with Gasteiger partial charge in [-0.1, -0.05) is 65.2 Å². The number of carbonyl (C=O) groups excluding carboxylic acids is 2. The molecule has 0 bridgehead atoms. The van der Waals surface area contributed by atoms with Crippen LogP contribution in [0, 0.1) is 20.8 Å². The fraction of sp³-hybridized carbons (Fsp3) is 0.310. The van der Waals surface area contributed by atoms with E-state index < -0.39 is 28.5 Å². The minimum absolute atomic E-state index is 0.0911. The highest BCUT2D eigenvalue weighted by molar-refractivity contribution is 7.92. The van der Waals surface area contributed by atoms with Gasteiger partial charge in [-0.2, -0.15) is 0 Å². The van der Waals surface area contributed by atoms with Gasteiger partial charge in [-0.25, -0.2) is 8.42 Å². The van der Waals surface area contributed by atoms with Gasteiger partial charge in [-0.15, -0.1) is 0 Å². The van der Waals surface area contributed by atoms with E-state index in [9.17, 15) is 18.0 Å². The molecular weight excluding hydrogens is 486 g/mol. The van der Waals surface area contributed by atoms with Crippen molar-refractivity contribution in [1.82, 2.24) is 10.2 Å². The number of sulfonamides is 1. The summed E-state index contributed by atoms with van der Waals surface area (Å²) in [5.74, 6) is -0.776. The first kappa shape index (κ1) is 27.9. The third-order valence-corrected chi connectivity index (χ3v) is 7.99. The molecule has 2 amide bonds. The number of benzene rings is 3. The van der Waals surface area contributed by atoms with E-state index in [4.69, 9.17) is 0 Å². The molecule has 0 unspecified atom stereocenters. The third-order valence-electron chi connectivity index (χ3n) is 6.20. The van der Waals surface area contributed by atoms with E-state index >= 15 is 0 Å². The molecular formula is C29H35N3O4S. The Balaban J connectivity index is 2.01. The Morgan fingerprint density at radius 2 is 1.30 bits per heavy atom. The Morgan fingerprint density at radius 1 is 0.811 bits per heavy atom. The first-order valence-electron chi connectivity index (χ1n) is 12.3. The molecule has 7 nitrogen and oxygen atoms in total. The maximum absolute atomic E-state index is 13.8. The van der Waals surface area contributed by atoms with Crippen molar-refractivity contribution in [3.05, 3.63) is 95.1 Å². The third kappa shape index (κ3) is 6.98. The lowest BCUT2D eigenvalue weighted by Gasteiger charge is -2.32. The summed E-state index contributed by atoms with van der Waals surface area (Å²) in [5, 5.41) is 2.76. The molecule has 0 aliphatic carbocycles. The van der Waals surface area contributed by atoms with Crippen molar-refractivity contribution < 1.29 is 18.0 Å². The Kier molecular flexibility index (Phi) is 9.10. The maximum atomic E-state index is 13.8. The summed E-state index contributed by atoms with van der Waals surface area (Å²) >= 11 is 0. The summed E-state index contributed by atoms with van der Waals surface area (Å²) in [5.41, 5.74) is 4.19. The van der Waals surface area contributed by atoms with Gasteiger partial charge in [0.15, 0.2) is 0 Å². The predicted molar refractivity (Wildman–Crippen MR) is 147 cm³/mol. The van der Waals surface area contributed by atoms with Crippen molar-refractivity contribution in [2.45, 2.75) is 52.1 Å². The summed E-state index contributed by atoms with van der Waals surface area (Å²) in [6.45, 7) is 9.37. The Bertz CT molecular complexity index is 1320. The van der Waals surface area contributed by atoms with E-state index in [1.807, 2.05) is 52.0 Å². The van der Waals surface area contributed by atoms with Crippen molar-refractivity contribution in [2.24, 2.45) is 0 Å². The van der Waals surface area contributed by atoms with Crippen LogP contribution in [-0.2, 0) is 26.2 Å². The lowest BCUT2D eigenvalue weighted by atomic mass is 10.1. The van der Waals surface area contributed by atoms with Gasteiger partial charge in [-0.3, -0.25) is 13.9 Å². The molecule has 1 N–H and O–H groups in total. The van der Waals surface area contributed by atoms with Gasteiger partial charge in [-0.05, 0) is 64.4 Å². The van der Waals surface area contributed by atoms with Crippen molar-refractivity contribution in [1.29, 1.82) is 0 Å². The van der Waals surface area contributed by atoms with E-state index in [1.165, 1.54) is 17.0 Å². The molecule has 3 aromatic carbocycles. The SMILES string of the molecule is CCNC(=O)[C@@H](C)N(Cc1ccc(C)cc1)C(=O)CN(c1ccc(C)cc1)S(=O)(=O)c1ccc(C)cc1. The smallest absolute Gasteiger partial charge is 0.264 e. The van der Waals surface area contributed by atoms with Crippen molar-refractivity contribution in [2.75, 3.05) is 17.4 Å². The zero-order chi connectivity index (χ0) is 27.2. The minimum atomic E-state index is -4.06. The molecule has 0 saturated carbocycles. The lowest BCUT2D eigenvalue weighted by Crippen LogP contribution is -2.51. The van der Waals surface area contributed by atoms with Gasteiger partial charge >= 0.3 is 0 Å². The van der Waals surface area contributed by atoms with Crippen LogP contribution >= 0.6 is 0 Å². The summed E-state index contributed by atoms with van der Waals surface area (Å²) in [6.07, 6.45) is 0. The normalized spacial score (nSPS) is 12.0. The minimum Gasteiger partial charge on any atom is -0.355 e. The largest absolute Gasteiger partial charge is 0.355 e. The van der Waals surface area contributed by atoms with E-state index in [0.717, 1.165) is 26.6 Å². The van der Waals surface area contributed by atoms with Crippen LogP contribution in [-0.4, -0.2) is 44.3 Å². The monoisotopic (exact) mass is 521 g/mol. The second kappa shape index (κ2) is 12.1. The molecule has 0 heterocycles. The van der Waals surface area contributed by atoms with Gasteiger partial charge in [0.05, 0.1) is 10.6 Å². The van der Waals surface area contributed by atoms with Gasteiger partial charge in [0.1, 0.15) is 12.6 Å². The highest BCUT2D eigenvalue weighted by atomic mass is 32.2. The van der Waals surface area contributed by atoms with Gasteiger partial charge in [0.25, 0.3) is 10.0 Å². The van der Waals surface area contributed by atoms with Crippen LogP contribution in [0.25, 0.3) is 0 Å². The first-order chi connectivity index (χ1) is 17.5. The molecule has 196 valence electrons. The van der Waals surface area contributed by atoms with Crippen molar-refractivity contribution in [3.63, 3.8) is 0 Å². The summed E-state index contributed by atoms with van der Waals surface area (Å²) in [7, 11) is -4.06. The fourth-order valence-electron chi connectivity index (χ4n) is 3.87. The lowest BCUT2D eigenvalue weighted by molar-refractivity contribution is -0.139. The van der Waals surface area contributed by atoms with Crippen molar-refractivity contribution >= 4 is 27.5 Å².